The number of hydrogen-bond acceptors (Lipinski definition) is 4. The van der Waals surface area contributed by atoms with E-state index in [2.05, 4.69) is 5.32 Å². The fraction of sp³-hybridized carbons (Fsp3) is 0.0455. The SMILES string of the molecule is N#CC(=Cc1ccc(-c2ccc(Cl)c(C(=O)O)c2)o1)C(=O)NCc1ccccc1. The number of carboxylic acids is 1. The molecule has 0 saturated carbocycles. The van der Waals surface area contributed by atoms with E-state index in [4.69, 9.17) is 16.0 Å². The Morgan fingerprint density at radius 3 is 2.59 bits per heavy atom. The van der Waals surface area contributed by atoms with Gasteiger partial charge in [-0.05, 0) is 35.9 Å². The normalized spacial score (nSPS) is 11.0. The molecule has 144 valence electrons. The predicted octanol–water partition coefficient (Wildman–Crippen LogP) is 4.52. The Morgan fingerprint density at radius 2 is 1.90 bits per heavy atom. The largest absolute Gasteiger partial charge is 0.478 e. The number of nitriles is 1. The lowest BCUT2D eigenvalue weighted by molar-refractivity contribution is -0.117. The molecule has 2 aromatic carbocycles. The van der Waals surface area contributed by atoms with Crippen molar-refractivity contribution in [2.24, 2.45) is 0 Å². The van der Waals surface area contributed by atoms with Crippen LogP contribution in [0.3, 0.4) is 0 Å². The number of carbonyl (C=O) groups excluding carboxylic acids is 1. The van der Waals surface area contributed by atoms with Gasteiger partial charge in [0.25, 0.3) is 5.91 Å². The molecule has 0 aliphatic rings. The van der Waals surface area contributed by atoms with Gasteiger partial charge < -0.3 is 14.8 Å². The van der Waals surface area contributed by atoms with Gasteiger partial charge in [0.05, 0.1) is 10.6 Å². The lowest BCUT2D eigenvalue weighted by atomic mass is 10.1. The minimum absolute atomic E-state index is 0.0457. The average Bonchev–Trinajstić information content (AvgIpc) is 3.19. The molecule has 0 fully saturated rings. The van der Waals surface area contributed by atoms with Crippen LogP contribution in [0, 0.1) is 11.3 Å². The van der Waals surface area contributed by atoms with Gasteiger partial charge in [0.1, 0.15) is 23.2 Å². The van der Waals surface area contributed by atoms with Crippen LogP contribution in [0.4, 0.5) is 0 Å². The van der Waals surface area contributed by atoms with Crippen molar-refractivity contribution in [3.63, 3.8) is 0 Å². The standard InChI is InChI=1S/C22H15ClN2O4/c23-19-8-6-15(11-18(19)22(27)28)20-9-7-17(29-20)10-16(12-24)21(26)25-13-14-4-2-1-3-5-14/h1-11H,13H2,(H,25,26)(H,27,28). The van der Waals surface area contributed by atoms with Crippen molar-refractivity contribution in [2.75, 3.05) is 0 Å². The quantitative estimate of drug-likeness (QED) is 0.462. The summed E-state index contributed by atoms with van der Waals surface area (Å²) in [5.41, 5.74) is 1.27. The Kier molecular flexibility index (Phi) is 6.12. The van der Waals surface area contributed by atoms with E-state index in [1.807, 2.05) is 36.4 Å². The van der Waals surface area contributed by atoms with Crippen LogP contribution in [0.1, 0.15) is 21.7 Å². The maximum absolute atomic E-state index is 12.3. The molecule has 1 aromatic heterocycles. The monoisotopic (exact) mass is 406 g/mol. The molecule has 1 amide bonds. The summed E-state index contributed by atoms with van der Waals surface area (Å²) in [6.45, 7) is 0.296. The van der Waals surface area contributed by atoms with Crippen LogP contribution in [0.2, 0.25) is 5.02 Å². The number of carboxylic acid groups (broad SMARTS) is 1. The molecular formula is C22H15ClN2O4. The Balaban J connectivity index is 1.77. The number of carbonyl (C=O) groups is 2. The third kappa shape index (κ3) is 4.92. The van der Waals surface area contributed by atoms with Crippen molar-refractivity contribution in [3.8, 4) is 17.4 Å². The van der Waals surface area contributed by atoms with Crippen molar-refractivity contribution < 1.29 is 19.1 Å². The van der Waals surface area contributed by atoms with E-state index in [9.17, 15) is 20.0 Å². The topological polar surface area (TPSA) is 103 Å². The predicted molar refractivity (Wildman–Crippen MR) is 108 cm³/mol. The second kappa shape index (κ2) is 8.91. The molecule has 29 heavy (non-hydrogen) atoms. The highest BCUT2D eigenvalue weighted by Gasteiger charge is 2.14. The second-order valence-corrected chi connectivity index (χ2v) is 6.45. The lowest BCUT2D eigenvalue weighted by Gasteiger charge is -2.04. The second-order valence-electron chi connectivity index (χ2n) is 6.04. The minimum atomic E-state index is -1.15. The molecule has 0 spiro atoms. The fourth-order valence-electron chi connectivity index (χ4n) is 2.59. The van der Waals surface area contributed by atoms with Crippen LogP contribution < -0.4 is 5.32 Å². The number of benzene rings is 2. The van der Waals surface area contributed by atoms with Crippen molar-refractivity contribution in [1.29, 1.82) is 5.26 Å². The first kappa shape index (κ1) is 19.9. The van der Waals surface area contributed by atoms with E-state index in [1.165, 1.54) is 18.2 Å². The fourth-order valence-corrected chi connectivity index (χ4v) is 2.79. The summed E-state index contributed by atoms with van der Waals surface area (Å²) in [6.07, 6.45) is 1.33. The van der Waals surface area contributed by atoms with Gasteiger partial charge in [0.2, 0.25) is 0 Å². The van der Waals surface area contributed by atoms with Crippen LogP contribution in [0.15, 0.2) is 70.7 Å². The lowest BCUT2D eigenvalue weighted by Crippen LogP contribution is -2.23. The van der Waals surface area contributed by atoms with Gasteiger partial charge in [0.15, 0.2) is 0 Å². The summed E-state index contributed by atoms with van der Waals surface area (Å²) >= 11 is 5.88. The Morgan fingerprint density at radius 1 is 1.14 bits per heavy atom. The molecular weight excluding hydrogens is 392 g/mol. The third-order valence-electron chi connectivity index (χ3n) is 4.06. The third-order valence-corrected chi connectivity index (χ3v) is 4.39. The molecule has 0 aliphatic heterocycles. The molecule has 7 heteroatoms. The van der Waals surface area contributed by atoms with Gasteiger partial charge in [-0.3, -0.25) is 4.79 Å². The minimum Gasteiger partial charge on any atom is -0.478 e. The zero-order valence-corrected chi connectivity index (χ0v) is 15.8. The van der Waals surface area contributed by atoms with E-state index < -0.39 is 11.9 Å². The number of furan rings is 1. The van der Waals surface area contributed by atoms with Gasteiger partial charge in [-0.1, -0.05) is 41.9 Å². The summed E-state index contributed by atoms with van der Waals surface area (Å²) in [7, 11) is 0. The Hall–Kier alpha value is -3.82. The zero-order valence-electron chi connectivity index (χ0n) is 15.1. The molecule has 0 unspecified atom stereocenters. The summed E-state index contributed by atoms with van der Waals surface area (Å²) in [4.78, 5) is 23.5. The molecule has 0 atom stereocenters. The molecule has 0 aliphatic carbocycles. The van der Waals surface area contributed by atoms with E-state index in [0.29, 0.717) is 23.6 Å². The van der Waals surface area contributed by atoms with Gasteiger partial charge in [-0.2, -0.15) is 5.26 Å². The maximum Gasteiger partial charge on any atom is 0.337 e. The van der Waals surface area contributed by atoms with Crippen molar-refractivity contribution in [3.05, 3.63) is 88.1 Å². The van der Waals surface area contributed by atoms with Crippen LogP contribution >= 0.6 is 11.6 Å². The number of hydrogen-bond donors (Lipinski definition) is 2. The van der Waals surface area contributed by atoms with Crippen LogP contribution in [-0.4, -0.2) is 17.0 Å². The molecule has 0 radical (unpaired) electrons. The van der Waals surface area contributed by atoms with Gasteiger partial charge in [-0.25, -0.2) is 4.79 Å². The molecule has 1 heterocycles. The number of halogens is 1. The first-order chi connectivity index (χ1) is 14.0. The van der Waals surface area contributed by atoms with E-state index in [1.54, 1.807) is 18.2 Å². The van der Waals surface area contributed by atoms with E-state index in [0.717, 1.165) is 5.56 Å². The van der Waals surface area contributed by atoms with Gasteiger partial charge in [-0.15, -0.1) is 0 Å². The zero-order chi connectivity index (χ0) is 20.8. The first-order valence-electron chi connectivity index (χ1n) is 8.55. The van der Waals surface area contributed by atoms with E-state index >= 15 is 0 Å². The highest BCUT2D eigenvalue weighted by molar-refractivity contribution is 6.33. The molecule has 0 saturated heterocycles. The highest BCUT2D eigenvalue weighted by Crippen LogP contribution is 2.27. The number of aromatic carboxylic acids is 1. The Labute approximate surface area is 171 Å². The molecule has 0 bridgehead atoms. The van der Waals surface area contributed by atoms with Crippen LogP contribution in [-0.2, 0) is 11.3 Å². The first-order valence-corrected chi connectivity index (χ1v) is 8.92. The summed E-state index contributed by atoms with van der Waals surface area (Å²) in [5, 5.41) is 21.3. The number of nitrogens with zero attached hydrogens (tertiary/aromatic N) is 1. The van der Waals surface area contributed by atoms with Crippen LogP contribution in [0.25, 0.3) is 17.4 Å². The van der Waals surface area contributed by atoms with Crippen molar-refractivity contribution >= 4 is 29.6 Å². The maximum atomic E-state index is 12.3. The molecule has 3 aromatic rings. The molecule has 3 rings (SSSR count). The average molecular weight is 407 g/mol. The van der Waals surface area contributed by atoms with Gasteiger partial charge >= 0.3 is 5.97 Å². The molecule has 2 N–H and O–H groups in total. The van der Waals surface area contributed by atoms with E-state index in [-0.39, 0.29) is 16.2 Å². The highest BCUT2D eigenvalue weighted by atomic mass is 35.5. The Bertz CT molecular complexity index is 1130. The summed E-state index contributed by atoms with van der Waals surface area (Å²) in [6, 6.07) is 18.9. The van der Waals surface area contributed by atoms with Crippen molar-refractivity contribution in [1.82, 2.24) is 5.32 Å². The number of nitrogens with one attached hydrogen (secondary N) is 1. The molecule has 6 nitrogen and oxygen atoms in total. The van der Waals surface area contributed by atoms with Gasteiger partial charge in [0, 0.05) is 18.2 Å². The number of amides is 1. The summed E-state index contributed by atoms with van der Waals surface area (Å²) < 4.78 is 5.65. The smallest absolute Gasteiger partial charge is 0.337 e. The van der Waals surface area contributed by atoms with Crippen LogP contribution in [0.5, 0.6) is 0 Å². The van der Waals surface area contributed by atoms with Crippen molar-refractivity contribution in [2.45, 2.75) is 6.54 Å². The number of rotatable bonds is 6. The summed E-state index contributed by atoms with van der Waals surface area (Å²) in [5.74, 6) is -0.991.